The van der Waals surface area contributed by atoms with Crippen molar-refractivity contribution in [3.8, 4) is 5.75 Å². The van der Waals surface area contributed by atoms with E-state index in [0.717, 1.165) is 11.1 Å². The third kappa shape index (κ3) is 1.17. The Hall–Kier alpha value is -1.06. The number of hydrogen-bond donors (Lipinski definition) is 1. The zero-order chi connectivity index (χ0) is 8.55. The van der Waals surface area contributed by atoms with Crippen LogP contribution in [0.3, 0.4) is 0 Å². The van der Waals surface area contributed by atoms with Crippen LogP contribution < -0.4 is 0 Å². The highest BCUT2D eigenvalue weighted by molar-refractivity contribution is 5.34. The Labute approximate surface area is 70.5 Å². The Morgan fingerprint density at radius 3 is 2.67 bits per heavy atom. The van der Waals surface area contributed by atoms with Crippen LogP contribution in [0.1, 0.15) is 17.4 Å². The van der Waals surface area contributed by atoms with Gasteiger partial charge in [-0.2, -0.15) is 0 Å². The van der Waals surface area contributed by atoms with Crippen LogP contribution in [0, 0.1) is 6.92 Å². The van der Waals surface area contributed by atoms with Crippen LogP contribution in [0.15, 0.2) is 18.2 Å². The van der Waals surface area contributed by atoms with Gasteiger partial charge >= 0.3 is 0 Å². The van der Waals surface area contributed by atoms with Crippen LogP contribution in [0.5, 0.6) is 5.75 Å². The topological polar surface area (TPSA) is 38.7 Å². The highest BCUT2D eigenvalue weighted by atomic mass is 16.8. The van der Waals surface area contributed by atoms with E-state index in [2.05, 4.69) is 0 Å². The predicted molar refractivity (Wildman–Crippen MR) is 42.6 cm³/mol. The highest BCUT2D eigenvalue weighted by Gasteiger charge is 2.22. The molecule has 0 amide bonds. The molecule has 0 bridgehead atoms. The second-order valence-electron chi connectivity index (χ2n) is 2.82. The van der Waals surface area contributed by atoms with Crippen molar-refractivity contribution in [2.24, 2.45) is 0 Å². The van der Waals surface area contributed by atoms with Crippen molar-refractivity contribution in [1.82, 2.24) is 0 Å². The van der Waals surface area contributed by atoms with E-state index in [1.807, 2.05) is 13.0 Å². The summed E-state index contributed by atoms with van der Waals surface area (Å²) in [6, 6.07) is 5.14. The number of aryl methyl sites for hydroxylation is 1. The van der Waals surface area contributed by atoms with Crippen molar-refractivity contribution >= 4 is 0 Å². The van der Waals surface area contributed by atoms with Crippen molar-refractivity contribution in [3.05, 3.63) is 29.3 Å². The molecule has 1 saturated heterocycles. The van der Waals surface area contributed by atoms with Gasteiger partial charge in [0.15, 0.2) is 13.1 Å². The number of hydrogen-bond acceptors (Lipinski definition) is 3. The summed E-state index contributed by atoms with van der Waals surface area (Å²) in [6.07, 6.45) is -0.231. The summed E-state index contributed by atoms with van der Waals surface area (Å²) in [5.74, 6) is 0.274. The molecule has 0 radical (unpaired) electrons. The Balaban J connectivity index is 2.31. The lowest BCUT2D eigenvalue weighted by atomic mass is 10.1. The Morgan fingerprint density at radius 1 is 1.42 bits per heavy atom. The minimum absolute atomic E-state index is 0.231. The predicted octanol–water partition coefficient (Wildman–Crippen LogP) is 1.70. The molecule has 3 nitrogen and oxygen atoms in total. The quantitative estimate of drug-likeness (QED) is 0.690. The molecule has 12 heavy (non-hydrogen) atoms. The van der Waals surface area contributed by atoms with Gasteiger partial charge in [-0.25, -0.2) is 0 Å². The van der Waals surface area contributed by atoms with Crippen molar-refractivity contribution in [2.75, 3.05) is 6.79 Å². The molecular weight excluding hydrogens is 156 g/mol. The first kappa shape index (κ1) is 7.58. The summed E-state index contributed by atoms with van der Waals surface area (Å²) >= 11 is 0. The molecule has 0 saturated carbocycles. The SMILES string of the molecule is Cc1cc(O)ccc1C1OCO1. The molecule has 1 aromatic carbocycles. The number of benzene rings is 1. The number of rotatable bonds is 1. The first-order valence-corrected chi connectivity index (χ1v) is 3.80. The molecule has 2 rings (SSSR count). The average molecular weight is 166 g/mol. The number of phenolic OH excluding ortho intramolecular Hbond substituents is 1. The van der Waals surface area contributed by atoms with Gasteiger partial charge in [-0.05, 0) is 24.6 Å². The van der Waals surface area contributed by atoms with E-state index < -0.39 is 0 Å². The molecule has 1 aliphatic rings. The fourth-order valence-corrected chi connectivity index (χ4v) is 1.24. The maximum Gasteiger partial charge on any atom is 0.189 e. The fraction of sp³-hybridized carbons (Fsp3) is 0.333. The van der Waals surface area contributed by atoms with E-state index in [1.165, 1.54) is 0 Å². The average Bonchev–Trinajstić information content (AvgIpc) is 1.91. The minimum atomic E-state index is -0.231. The molecule has 1 heterocycles. The van der Waals surface area contributed by atoms with Gasteiger partial charge in [0.05, 0.1) is 0 Å². The summed E-state index contributed by atoms with van der Waals surface area (Å²) in [7, 11) is 0. The normalized spacial score (nSPS) is 17.4. The van der Waals surface area contributed by atoms with Crippen LogP contribution >= 0.6 is 0 Å². The molecule has 0 atom stereocenters. The third-order valence-electron chi connectivity index (χ3n) is 1.95. The summed E-state index contributed by atoms with van der Waals surface area (Å²) in [5.41, 5.74) is 1.97. The van der Waals surface area contributed by atoms with Crippen molar-refractivity contribution in [1.29, 1.82) is 0 Å². The molecule has 0 aromatic heterocycles. The summed E-state index contributed by atoms with van der Waals surface area (Å²) < 4.78 is 10.3. The van der Waals surface area contributed by atoms with E-state index in [-0.39, 0.29) is 12.0 Å². The largest absolute Gasteiger partial charge is 0.508 e. The summed E-state index contributed by atoms with van der Waals surface area (Å²) in [6.45, 7) is 2.28. The maximum atomic E-state index is 9.13. The van der Waals surface area contributed by atoms with E-state index in [9.17, 15) is 0 Å². The van der Waals surface area contributed by atoms with E-state index in [1.54, 1.807) is 12.1 Å². The van der Waals surface area contributed by atoms with Crippen LogP contribution in [0.25, 0.3) is 0 Å². The fourth-order valence-electron chi connectivity index (χ4n) is 1.24. The molecular formula is C9H10O3. The number of ether oxygens (including phenoxy) is 2. The van der Waals surface area contributed by atoms with Gasteiger partial charge in [-0.1, -0.05) is 6.07 Å². The van der Waals surface area contributed by atoms with Gasteiger partial charge in [-0.3, -0.25) is 0 Å². The van der Waals surface area contributed by atoms with Gasteiger partial charge < -0.3 is 14.6 Å². The Morgan fingerprint density at radius 2 is 2.17 bits per heavy atom. The first-order valence-electron chi connectivity index (χ1n) is 3.80. The molecule has 64 valence electrons. The Kier molecular flexibility index (Phi) is 1.75. The van der Waals surface area contributed by atoms with Crippen LogP contribution in [-0.4, -0.2) is 11.9 Å². The second-order valence-corrected chi connectivity index (χ2v) is 2.82. The van der Waals surface area contributed by atoms with Crippen LogP contribution in [0.2, 0.25) is 0 Å². The maximum absolute atomic E-state index is 9.13. The molecule has 0 spiro atoms. The van der Waals surface area contributed by atoms with Gasteiger partial charge in [0.2, 0.25) is 0 Å². The number of aromatic hydroxyl groups is 1. The van der Waals surface area contributed by atoms with Crippen molar-refractivity contribution in [3.63, 3.8) is 0 Å². The van der Waals surface area contributed by atoms with Crippen molar-refractivity contribution in [2.45, 2.75) is 13.2 Å². The van der Waals surface area contributed by atoms with Gasteiger partial charge in [0.25, 0.3) is 0 Å². The molecule has 1 aromatic rings. The molecule has 1 fully saturated rings. The summed E-state index contributed by atoms with van der Waals surface area (Å²) in [5, 5.41) is 9.13. The second kappa shape index (κ2) is 2.77. The zero-order valence-electron chi connectivity index (χ0n) is 6.78. The van der Waals surface area contributed by atoms with Gasteiger partial charge in [0.1, 0.15) is 5.75 Å². The smallest absolute Gasteiger partial charge is 0.189 e. The van der Waals surface area contributed by atoms with E-state index >= 15 is 0 Å². The molecule has 3 heteroatoms. The first-order chi connectivity index (χ1) is 5.77. The summed E-state index contributed by atoms with van der Waals surface area (Å²) in [4.78, 5) is 0. The standard InChI is InChI=1S/C9H10O3/c1-6-4-7(10)2-3-8(6)9-11-5-12-9/h2-4,9-10H,5H2,1H3. The molecule has 0 unspecified atom stereocenters. The van der Waals surface area contributed by atoms with Crippen LogP contribution in [0.4, 0.5) is 0 Å². The molecule has 0 aliphatic carbocycles. The van der Waals surface area contributed by atoms with E-state index in [4.69, 9.17) is 14.6 Å². The molecule has 1 aliphatic heterocycles. The molecule has 1 N–H and O–H groups in total. The zero-order valence-corrected chi connectivity index (χ0v) is 6.78. The lowest BCUT2D eigenvalue weighted by Gasteiger charge is -2.28. The minimum Gasteiger partial charge on any atom is -0.508 e. The lowest BCUT2D eigenvalue weighted by Crippen LogP contribution is -2.22. The van der Waals surface area contributed by atoms with Crippen LogP contribution in [-0.2, 0) is 9.47 Å². The number of phenols is 1. The highest BCUT2D eigenvalue weighted by Crippen LogP contribution is 2.30. The third-order valence-corrected chi connectivity index (χ3v) is 1.95. The van der Waals surface area contributed by atoms with E-state index in [0.29, 0.717) is 6.79 Å². The Bertz CT molecular complexity index is 292. The van der Waals surface area contributed by atoms with Gasteiger partial charge in [-0.15, -0.1) is 0 Å². The lowest BCUT2D eigenvalue weighted by molar-refractivity contribution is -0.327. The van der Waals surface area contributed by atoms with Crippen molar-refractivity contribution < 1.29 is 14.6 Å². The monoisotopic (exact) mass is 166 g/mol. The van der Waals surface area contributed by atoms with Gasteiger partial charge in [0, 0.05) is 5.56 Å².